The van der Waals surface area contributed by atoms with Crippen molar-refractivity contribution >= 4 is 55.8 Å². The Morgan fingerprint density at radius 2 is 1.67 bits per heavy atom. The van der Waals surface area contributed by atoms with Crippen molar-refractivity contribution in [2.75, 3.05) is 36.0 Å². The maximum atomic E-state index is 13.3. The van der Waals surface area contributed by atoms with E-state index >= 15 is 0 Å². The second-order valence-corrected chi connectivity index (χ2v) is 13.1. The van der Waals surface area contributed by atoms with Crippen LogP contribution in [0.25, 0.3) is 16.6 Å². The number of rotatable bonds is 14. The molecule has 0 radical (unpaired) electrons. The zero-order valence-corrected chi connectivity index (χ0v) is 26.2. The van der Waals surface area contributed by atoms with Gasteiger partial charge in [0.25, 0.3) is 5.91 Å². The second-order valence-electron chi connectivity index (χ2n) is 11.2. The number of aromatic nitrogens is 2. The SMILES string of the molecule is CNC(=O)c1c2cc(C3CC3)c(N(CCCNC(=O)CCC(=O)O)S(C)(=O)=O)cc2nn1-c1ccc(Nc2ccc(F)cc2)cc1. The van der Waals surface area contributed by atoms with Gasteiger partial charge in [-0.05, 0) is 91.4 Å². The van der Waals surface area contributed by atoms with Gasteiger partial charge >= 0.3 is 5.97 Å². The number of carbonyl (C=O) groups excluding carboxylic acids is 2. The van der Waals surface area contributed by atoms with Crippen molar-refractivity contribution < 1.29 is 32.3 Å². The third-order valence-electron chi connectivity index (χ3n) is 7.62. The molecule has 4 aromatic rings. The van der Waals surface area contributed by atoms with Gasteiger partial charge in [0.2, 0.25) is 15.9 Å². The molecule has 242 valence electrons. The van der Waals surface area contributed by atoms with Crippen LogP contribution in [-0.2, 0) is 19.6 Å². The number of hydrogen-bond acceptors (Lipinski definition) is 7. The van der Waals surface area contributed by atoms with E-state index in [1.807, 2.05) is 18.2 Å². The first-order chi connectivity index (χ1) is 21.9. The van der Waals surface area contributed by atoms with Crippen LogP contribution < -0.4 is 20.3 Å². The molecule has 0 aliphatic heterocycles. The molecule has 3 aromatic carbocycles. The molecule has 46 heavy (non-hydrogen) atoms. The lowest BCUT2D eigenvalue weighted by Gasteiger charge is -2.25. The lowest BCUT2D eigenvalue weighted by atomic mass is 10.0. The molecule has 0 spiro atoms. The number of sulfonamides is 1. The minimum atomic E-state index is -3.75. The summed E-state index contributed by atoms with van der Waals surface area (Å²) in [6.45, 7) is 0.252. The number of nitrogens with one attached hydrogen (secondary N) is 3. The number of carboxylic acid groups (broad SMARTS) is 1. The molecule has 1 saturated carbocycles. The van der Waals surface area contributed by atoms with Gasteiger partial charge in [0.15, 0.2) is 0 Å². The standard InChI is InChI=1S/C32H35FN6O6S/c1-34-32(43)31-26-18-25(20-4-5-20)28(38(46(2,44)45)17-3-16-35-29(40)14-15-30(41)42)19-27(26)37-39(31)24-12-10-23(11-13-24)36-22-8-6-21(33)7-9-22/h6-13,18-20,36H,3-5,14-17H2,1-2H3,(H,34,43)(H,35,40)(H,41,42). The van der Waals surface area contributed by atoms with Crippen molar-refractivity contribution in [1.82, 2.24) is 20.4 Å². The van der Waals surface area contributed by atoms with Crippen LogP contribution in [0.2, 0.25) is 0 Å². The molecule has 0 unspecified atom stereocenters. The fourth-order valence-electron chi connectivity index (χ4n) is 5.21. The summed E-state index contributed by atoms with van der Waals surface area (Å²) < 4.78 is 42.2. The number of aliphatic carboxylic acids is 1. The average molecular weight is 651 g/mol. The van der Waals surface area contributed by atoms with E-state index in [-0.39, 0.29) is 43.6 Å². The number of halogens is 1. The van der Waals surface area contributed by atoms with Gasteiger partial charge in [-0.25, -0.2) is 17.5 Å². The fraction of sp³-hybridized carbons (Fsp3) is 0.312. The highest BCUT2D eigenvalue weighted by Crippen LogP contribution is 2.46. The maximum absolute atomic E-state index is 13.3. The van der Waals surface area contributed by atoms with Gasteiger partial charge in [-0.2, -0.15) is 5.10 Å². The molecule has 2 amide bonds. The largest absolute Gasteiger partial charge is 0.481 e. The van der Waals surface area contributed by atoms with Crippen LogP contribution in [-0.4, -0.2) is 67.5 Å². The molecule has 12 nitrogen and oxygen atoms in total. The molecule has 4 N–H and O–H groups in total. The number of carbonyl (C=O) groups is 3. The van der Waals surface area contributed by atoms with Gasteiger partial charge in [0.1, 0.15) is 11.5 Å². The van der Waals surface area contributed by atoms with E-state index in [0.717, 1.165) is 30.3 Å². The van der Waals surface area contributed by atoms with Crippen molar-refractivity contribution in [3.63, 3.8) is 0 Å². The van der Waals surface area contributed by atoms with Crippen molar-refractivity contribution in [2.24, 2.45) is 0 Å². The average Bonchev–Trinajstić information content (AvgIpc) is 3.80. The molecule has 14 heteroatoms. The Bertz CT molecular complexity index is 1870. The highest BCUT2D eigenvalue weighted by molar-refractivity contribution is 7.92. The summed E-state index contributed by atoms with van der Waals surface area (Å²) in [6.07, 6.45) is 2.73. The van der Waals surface area contributed by atoms with Crippen LogP contribution in [0.4, 0.5) is 21.5 Å². The van der Waals surface area contributed by atoms with E-state index in [1.165, 1.54) is 28.2 Å². The molecule has 0 bridgehead atoms. The zero-order valence-electron chi connectivity index (χ0n) is 25.4. The van der Waals surface area contributed by atoms with Crippen LogP contribution >= 0.6 is 0 Å². The Labute approximate surface area is 265 Å². The molecule has 0 atom stereocenters. The van der Waals surface area contributed by atoms with Crippen molar-refractivity contribution in [1.29, 1.82) is 0 Å². The number of anilines is 3. The van der Waals surface area contributed by atoms with Crippen LogP contribution in [0, 0.1) is 5.82 Å². The minimum Gasteiger partial charge on any atom is -0.481 e. The summed E-state index contributed by atoms with van der Waals surface area (Å²) in [4.78, 5) is 35.9. The van der Waals surface area contributed by atoms with Gasteiger partial charge in [-0.3, -0.25) is 18.7 Å². The second kappa shape index (κ2) is 13.6. The van der Waals surface area contributed by atoms with Crippen LogP contribution in [0.5, 0.6) is 0 Å². The number of hydrogen-bond donors (Lipinski definition) is 4. The Morgan fingerprint density at radius 3 is 2.26 bits per heavy atom. The number of carboxylic acids is 1. The number of fused-ring (bicyclic) bond motifs is 1. The van der Waals surface area contributed by atoms with Gasteiger partial charge in [0, 0.05) is 43.3 Å². The number of amides is 2. The maximum Gasteiger partial charge on any atom is 0.303 e. The molecular formula is C32H35FN6O6S. The third kappa shape index (κ3) is 7.62. The lowest BCUT2D eigenvalue weighted by molar-refractivity contribution is -0.138. The molecule has 1 aliphatic rings. The summed E-state index contributed by atoms with van der Waals surface area (Å²) in [5, 5.41) is 22.6. The minimum absolute atomic E-state index is 0.0782. The highest BCUT2D eigenvalue weighted by Gasteiger charge is 2.32. The topological polar surface area (TPSA) is 163 Å². The number of benzene rings is 3. The first kappa shape index (κ1) is 32.4. The predicted molar refractivity (Wildman–Crippen MR) is 173 cm³/mol. The number of nitrogens with zero attached hydrogens (tertiary/aromatic N) is 3. The Balaban J connectivity index is 1.47. The van der Waals surface area contributed by atoms with E-state index < -0.39 is 21.9 Å². The summed E-state index contributed by atoms with van der Waals surface area (Å²) >= 11 is 0. The van der Waals surface area contributed by atoms with E-state index in [0.29, 0.717) is 40.1 Å². The van der Waals surface area contributed by atoms with E-state index in [1.54, 1.807) is 30.3 Å². The monoisotopic (exact) mass is 650 g/mol. The molecule has 5 rings (SSSR count). The molecule has 1 aliphatic carbocycles. The van der Waals surface area contributed by atoms with Crippen molar-refractivity contribution in [3.8, 4) is 5.69 Å². The van der Waals surface area contributed by atoms with Gasteiger partial charge in [-0.1, -0.05) is 0 Å². The summed E-state index contributed by atoms with van der Waals surface area (Å²) in [5.41, 5.74) is 4.07. The third-order valence-corrected chi connectivity index (χ3v) is 8.80. The zero-order chi connectivity index (χ0) is 33.0. The summed E-state index contributed by atoms with van der Waals surface area (Å²) in [5.74, 6) is -2.06. The first-order valence-corrected chi connectivity index (χ1v) is 16.7. The fourth-order valence-corrected chi connectivity index (χ4v) is 6.19. The first-order valence-electron chi connectivity index (χ1n) is 14.8. The Hall–Kier alpha value is -4.98. The van der Waals surface area contributed by atoms with Gasteiger partial charge in [-0.15, -0.1) is 0 Å². The summed E-state index contributed by atoms with van der Waals surface area (Å²) in [6, 6.07) is 16.7. The van der Waals surface area contributed by atoms with E-state index in [2.05, 4.69) is 16.0 Å². The molecule has 1 heterocycles. The van der Waals surface area contributed by atoms with Gasteiger partial charge < -0.3 is 21.1 Å². The predicted octanol–water partition coefficient (Wildman–Crippen LogP) is 4.28. The van der Waals surface area contributed by atoms with Gasteiger partial charge in [0.05, 0.1) is 29.6 Å². The summed E-state index contributed by atoms with van der Waals surface area (Å²) in [7, 11) is -2.21. The normalized spacial score (nSPS) is 12.9. The quantitative estimate of drug-likeness (QED) is 0.147. The van der Waals surface area contributed by atoms with Crippen LogP contribution in [0.15, 0.2) is 60.7 Å². The van der Waals surface area contributed by atoms with Crippen LogP contribution in [0.3, 0.4) is 0 Å². The van der Waals surface area contributed by atoms with Crippen LogP contribution in [0.1, 0.15) is 54.1 Å². The van der Waals surface area contributed by atoms with E-state index in [4.69, 9.17) is 10.2 Å². The molecular weight excluding hydrogens is 615 g/mol. The molecule has 0 saturated heterocycles. The van der Waals surface area contributed by atoms with E-state index in [9.17, 15) is 27.2 Å². The van der Waals surface area contributed by atoms with Crippen molar-refractivity contribution in [2.45, 2.75) is 38.0 Å². The smallest absolute Gasteiger partial charge is 0.303 e. The highest BCUT2D eigenvalue weighted by atomic mass is 32.2. The molecule has 1 aromatic heterocycles. The lowest BCUT2D eigenvalue weighted by Crippen LogP contribution is -2.34. The molecule has 1 fully saturated rings. The van der Waals surface area contributed by atoms with Crippen molar-refractivity contribution in [3.05, 3.63) is 77.7 Å². The Kier molecular flexibility index (Phi) is 9.56. The Morgan fingerprint density at radius 1 is 1.02 bits per heavy atom.